The second-order valence-corrected chi connectivity index (χ2v) is 11.0. The lowest BCUT2D eigenvalue weighted by Crippen LogP contribution is -2.58. The van der Waals surface area contributed by atoms with E-state index >= 15 is 0 Å². The van der Waals surface area contributed by atoms with Gasteiger partial charge in [0.1, 0.15) is 17.7 Å². The van der Waals surface area contributed by atoms with Crippen molar-refractivity contribution in [3.8, 4) is 5.75 Å². The lowest BCUT2D eigenvalue weighted by atomic mass is 9.48. The highest BCUT2D eigenvalue weighted by Crippen LogP contribution is 2.61. The molecule has 0 spiro atoms. The predicted octanol–water partition coefficient (Wildman–Crippen LogP) is 3.41. The van der Waals surface area contributed by atoms with E-state index in [2.05, 4.69) is 0 Å². The molecule has 0 heterocycles. The summed E-state index contributed by atoms with van der Waals surface area (Å²) < 4.78 is 48.5. The Labute approximate surface area is 173 Å². The molecule has 1 aromatic carbocycles. The van der Waals surface area contributed by atoms with E-state index < -0.39 is 31.7 Å². The quantitative estimate of drug-likeness (QED) is 0.661. The fourth-order valence-corrected chi connectivity index (χ4v) is 6.52. The minimum absolute atomic E-state index is 0.0186. The number of benzene rings is 1. The zero-order valence-electron chi connectivity index (χ0n) is 16.1. The van der Waals surface area contributed by atoms with Gasteiger partial charge >= 0.3 is 5.97 Å². The smallest absolute Gasteiger partial charge is 0.311 e. The maximum atomic E-state index is 14.5. The molecule has 0 aliphatic heterocycles. The fraction of sp³-hybridized carbons (Fsp3) is 0.600. The Balaban J connectivity index is 1.59. The van der Waals surface area contributed by atoms with Crippen LogP contribution in [0.3, 0.4) is 0 Å². The van der Waals surface area contributed by atoms with E-state index in [1.54, 1.807) is 0 Å². The van der Waals surface area contributed by atoms with Crippen LogP contribution in [0.4, 0.5) is 4.39 Å². The highest BCUT2D eigenvalue weighted by atomic mass is 35.5. The molecule has 6 nitrogen and oxygen atoms in total. The average Bonchev–Trinajstić information content (AvgIpc) is 2.64. The van der Waals surface area contributed by atoms with Gasteiger partial charge in [-0.15, -0.1) is 0 Å². The molecule has 0 N–H and O–H groups in total. The molecular formula is C20H22ClFO6S. The first kappa shape index (κ1) is 20.6. The van der Waals surface area contributed by atoms with E-state index in [1.807, 2.05) is 0 Å². The molecule has 4 saturated carbocycles. The van der Waals surface area contributed by atoms with E-state index in [9.17, 15) is 22.4 Å². The first-order valence-electron chi connectivity index (χ1n) is 9.52. The van der Waals surface area contributed by atoms with Gasteiger partial charge in [-0.05, 0) is 55.9 Å². The summed E-state index contributed by atoms with van der Waals surface area (Å²) in [4.78, 5) is 24.3. The van der Waals surface area contributed by atoms with Gasteiger partial charge in [-0.2, -0.15) is 0 Å². The SMILES string of the molecule is COC(=O)C12CC3CC(C1)C(Oc1cc(F)c(C(=O)S(C)(=O)=O)cc1Cl)C(C3)C2. The third-order valence-electron chi connectivity index (χ3n) is 6.65. The third-order valence-corrected chi connectivity index (χ3v) is 7.84. The first-order valence-corrected chi connectivity index (χ1v) is 11.8. The van der Waals surface area contributed by atoms with Gasteiger partial charge in [0.2, 0.25) is 9.84 Å². The molecule has 0 saturated heterocycles. The Bertz CT molecular complexity index is 975. The van der Waals surface area contributed by atoms with E-state index in [-0.39, 0.29) is 34.7 Å². The molecule has 0 radical (unpaired) electrons. The Morgan fingerprint density at radius 3 is 2.34 bits per heavy atom. The van der Waals surface area contributed by atoms with Gasteiger partial charge in [0.05, 0.1) is 23.1 Å². The van der Waals surface area contributed by atoms with E-state index in [0.717, 1.165) is 37.7 Å². The number of methoxy groups -OCH3 is 1. The van der Waals surface area contributed by atoms with Crippen LogP contribution in [0.15, 0.2) is 12.1 Å². The normalized spacial score (nSPS) is 32.8. The van der Waals surface area contributed by atoms with E-state index in [1.165, 1.54) is 7.11 Å². The van der Waals surface area contributed by atoms with Gasteiger partial charge in [-0.25, -0.2) is 12.8 Å². The summed E-state index contributed by atoms with van der Waals surface area (Å²) in [6.45, 7) is 0. The van der Waals surface area contributed by atoms with Crippen molar-refractivity contribution in [2.75, 3.05) is 13.4 Å². The van der Waals surface area contributed by atoms with Crippen molar-refractivity contribution in [1.29, 1.82) is 0 Å². The molecule has 4 bridgehead atoms. The van der Waals surface area contributed by atoms with Crippen molar-refractivity contribution >= 4 is 32.5 Å². The largest absolute Gasteiger partial charge is 0.488 e. The molecule has 1 aromatic rings. The van der Waals surface area contributed by atoms with Crippen LogP contribution in [0, 0.1) is 29.0 Å². The Hall–Kier alpha value is -1.67. The maximum Gasteiger partial charge on any atom is 0.311 e. The van der Waals surface area contributed by atoms with Crippen LogP contribution in [0.25, 0.3) is 0 Å². The van der Waals surface area contributed by atoms with E-state index in [4.69, 9.17) is 21.1 Å². The summed E-state index contributed by atoms with van der Waals surface area (Å²) in [5, 5.41) is -1.34. The summed E-state index contributed by atoms with van der Waals surface area (Å²) in [5.74, 6) is -0.349. The number of rotatable bonds is 4. The van der Waals surface area contributed by atoms with Crippen LogP contribution in [-0.2, 0) is 19.4 Å². The number of hydrogen-bond donors (Lipinski definition) is 0. The van der Waals surface area contributed by atoms with Gasteiger partial charge in [0, 0.05) is 12.3 Å². The van der Waals surface area contributed by atoms with Gasteiger partial charge in [0.25, 0.3) is 5.12 Å². The predicted molar refractivity (Wildman–Crippen MR) is 103 cm³/mol. The summed E-state index contributed by atoms with van der Waals surface area (Å²) in [6, 6.07) is 1.98. The third kappa shape index (κ3) is 3.44. The number of esters is 1. The van der Waals surface area contributed by atoms with Crippen molar-refractivity contribution in [2.24, 2.45) is 23.2 Å². The topological polar surface area (TPSA) is 86.7 Å². The highest BCUT2D eigenvalue weighted by Gasteiger charge is 2.60. The minimum atomic E-state index is -4.09. The van der Waals surface area contributed by atoms with Crippen LogP contribution >= 0.6 is 11.6 Å². The Morgan fingerprint density at radius 1 is 1.17 bits per heavy atom. The molecule has 4 aliphatic carbocycles. The molecule has 9 heteroatoms. The van der Waals surface area contributed by atoms with Gasteiger partial charge < -0.3 is 9.47 Å². The van der Waals surface area contributed by atoms with Crippen molar-refractivity contribution in [1.82, 2.24) is 0 Å². The van der Waals surface area contributed by atoms with Gasteiger partial charge in [0.15, 0.2) is 0 Å². The molecule has 2 unspecified atom stereocenters. The second-order valence-electron chi connectivity index (χ2n) is 8.65. The summed E-state index contributed by atoms with van der Waals surface area (Å²) in [5.41, 5.74) is -1.05. The number of hydrogen-bond acceptors (Lipinski definition) is 6. The molecule has 0 amide bonds. The number of sulfone groups is 1. The average molecular weight is 445 g/mol. The number of carbonyl (C=O) groups excluding carboxylic acids is 2. The maximum absolute atomic E-state index is 14.5. The second kappa shape index (κ2) is 6.94. The molecule has 4 aliphatic rings. The fourth-order valence-electron chi connectivity index (χ4n) is 5.76. The Morgan fingerprint density at radius 2 is 1.79 bits per heavy atom. The molecule has 2 atom stereocenters. The van der Waals surface area contributed by atoms with E-state index in [0.29, 0.717) is 18.8 Å². The lowest BCUT2D eigenvalue weighted by Gasteiger charge is -2.58. The monoisotopic (exact) mass is 444 g/mol. The van der Waals surface area contributed by atoms with Crippen LogP contribution < -0.4 is 4.74 Å². The molecular weight excluding hydrogens is 423 g/mol. The number of halogens is 2. The first-order chi connectivity index (χ1) is 13.5. The van der Waals surface area contributed by atoms with Crippen molar-refractivity contribution in [3.05, 3.63) is 28.5 Å². The molecule has 0 aromatic heterocycles. The van der Waals surface area contributed by atoms with Crippen LogP contribution in [0.1, 0.15) is 42.5 Å². The number of carbonyl (C=O) groups is 2. The standard InChI is InChI=1S/C20H22ClFO6S/c1-27-19(24)20-7-10-3-11(8-20)17(12(4-10)9-20)28-16-6-15(22)13(5-14(16)21)18(23)29(2,25)26/h5-6,10-12,17H,3-4,7-9H2,1-2H3. The summed E-state index contributed by atoms with van der Waals surface area (Å²) in [7, 11) is -2.68. The van der Waals surface area contributed by atoms with Gasteiger partial charge in [-0.1, -0.05) is 11.6 Å². The zero-order chi connectivity index (χ0) is 21.1. The summed E-state index contributed by atoms with van der Waals surface area (Å²) in [6.07, 6.45) is 4.56. The molecule has 29 heavy (non-hydrogen) atoms. The number of ether oxygens (including phenoxy) is 2. The summed E-state index contributed by atoms with van der Waals surface area (Å²) >= 11 is 6.20. The zero-order valence-corrected chi connectivity index (χ0v) is 17.7. The lowest BCUT2D eigenvalue weighted by molar-refractivity contribution is -0.179. The molecule has 5 rings (SSSR count). The van der Waals surface area contributed by atoms with Crippen LogP contribution in [0.5, 0.6) is 5.75 Å². The Kier molecular flexibility index (Phi) is 4.93. The van der Waals surface area contributed by atoms with Crippen LogP contribution in [0.2, 0.25) is 5.02 Å². The van der Waals surface area contributed by atoms with Gasteiger partial charge in [-0.3, -0.25) is 9.59 Å². The van der Waals surface area contributed by atoms with Crippen molar-refractivity contribution in [3.63, 3.8) is 0 Å². The van der Waals surface area contributed by atoms with Crippen molar-refractivity contribution < 1.29 is 31.9 Å². The van der Waals surface area contributed by atoms with Crippen molar-refractivity contribution in [2.45, 2.75) is 38.2 Å². The molecule has 158 valence electrons. The highest BCUT2D eigenvalue weighted by molar-refractivity contribution is 8.06. The molecule has 4 fully saturated rings. The van der Waals surface area contributed by atoms with Crippen LogP contribution in [-0.4, -0.2) is 39.0 Å². The minimum Gasteiger partial charge on any atom is -0.488 e.